The second kappa shape index (κ2) is 5.14. The molecule has 112 valence electrons. The number of imidazole rings is 1. The quantitative estimate of drug-likeness (QED) is 0.615. The van der Waals surface area contributed by atoms with Crippen molar-refractivity contribution in [2.75, 3.05) is 0 Å². The van der Waals surface area contributed by atoms with Gasteiger partial charge in [-0.3, -0.25) is 0 Å². The molecular weight excluding hydrogens is 290 g/mol. The predicted molar refractivity (Wildman–Crippen MR) is 88.3 cm³/mol. The number of carbonyl (C=O) groups excluding carboxylic acids is 1. The number of pyridine rings is 1. The average molecular weight is 303 g/mol. The fourth-order valence-electron chi connectivity index (χ4n) is 2.66. The first-order chi connectivity index (χ1) is 11.2. The standard InChI is InChI=1S/C18H13N3O2/c19-18(22)23-16-6-3-9-21-11-15(20-17(16)21)14-8-7-12-4-1-2-5-13(12)10-14/h1-11H,(H2,19,22). The monoisotopic (exact) mass is 303 g/mol. The van der Waals surface area contributed by atoms with Gasteiger partial charge in [0, 0.05) is 18.0 Å². The first kappa shape index (κ1) is 13.3. The smallest absolute Gasteiger partial charge is 0.406 e. The molecule has 5 heteroatoms. The minimum absolute atomic E-state index is 0.340. The van der Waals surface area contributed by atoms with E-state index in [1.807, 2.05) is 35.0 Å². The highest BCUT2D eigenvalue weighted by Crippen LogP contribution is 2.27. The van der Waals surface area contributed by atoms with Crippen molar-refractivity contribution in [3.8, 4) is 17.0 Å². The topological polar surface area (TPSA) is 69.6 Å². The van der Waals surface area contributed by atoms with E-state index in [-0.39, 0.29) is 0 Å². The van der Waals surface area contributed by atoms with Gasteiger partial charge in [0.1, 0.15) is 0 Å². The molecule has 4 aromatic rings. The van der Waals surface area contributed by atoms with Crippen LogP contribution in [0.15, 0.2) is 67.0 Å². The van der Waals surface area contributed by atoms with Gasteiger partial charge in [-0.1, -0.05) is 36.4 Å². The van der Waals surface area contributed by atoms with Crippen molar-refractivity contribution in [3.63, 3.8) is 0 Å². The minimum atomic E-state index is -0.853. The number of benzene rings is 2. The number of amides is 1. The Balaban J connectivity index is 1.86. The molecule has 0 unspecified atom stereocenters. The van der Waals surface area contributed by atoms with E-state index in [4.69, 9.17) is 10.5 Å². The number of aromatic nitrogens is 2. The summed E-state index contributed by atoms with van der Waals surface area (Å²) in [5, 5.41) is 2.33. The summed E-state index contributed by atoms with van der Waals surface area (Å²) in [4.78, 5) is 15.6. The largest absolute Gasteiger partial charge is 0.410 e. The van der Waals surface area contributed by atoms with E-state index in [9.17, 15) is 4.79 Å². The van der Waals surface area contributed by atoms with Crippen molar-refractivity contribution in [1.29, 1.82) is 0 Å². The number of nitrogens with two attached hydrogens (primary N) is 1. The molecule has 2 heterocycles. The lowest BCUT2D eigenvalue weighted by molar-refractivity contribution is 0.211. The number of rotatable bonds is 2. The normalized spacial score (nSPS) is 11.0. The van der Waals surface area contributed by atoms with Gasteiger partial charge in [0.15, 0.2) is 11.4 Å². The van der Waals surface area contributed by atoms with Crippen LogP contribution in [0.2, 0.25) is 0 Å². The molecule has 23 heavy (non-hydrogen) atoms. The fraction of sp³-hybridized carbons (Fsp3) is 0. The van der Waals surface area contributed by atoms with Gasteiger partial charge in [-0.15, -0.1) is 0 Å². The molecule has 0 bridgehead atoms. The number of hydrogen-bond acceptors (Lipinski definition) is 3. The maximum absolute atomic E-state index is 11.0. The highest BCUT2D eigenvalue weighted by atomic mass is 16.5. The van der Waals surface area contributed by atoms with E-state index < -0.39 is 6.09 Å². The Morgan fingerprint density at radius 2 is 1.87 bits per heavy atom. The number of hydrogen-bond donors (Lipinski definition) is 1. The summed E-state index contributed by atoms with van der Waals surface area (Å²) in [5.74, 6) is 0.340. The van der Waals surface area contributed by atoms with Gasteiger partial charge in [-0.05, 0) is 29.0 Å². The first-order valence-electron chi connectivity index (χ1n) is 7.15. The van der Waals surface area contributed by atoms with Crippen LogP contribution in [0, 0.1) is 0 Å². The number of ether oxygens (including phenoxy) is 1. The predicted octanol–water partition coefficient (Wildman–Crippen LogP) is 3.61. The van der Waals surface area contributed by atoms with Gasteiger partial charge >= 0.3 is 6.09 Å². The summed E-state index contributed by atoms with van der Waals surface area (Å²) < 4.78 is 6.81. The van der Waals surface area contributed by atoms with Gasteiger partial charge in [0.25, 0.3) is 0 Å². The molecule has 0 saturated carbocycles. The van der Waals surface area contributed by atoms with E-state index in [0.717, 1.165) is 16.6 Å². The number of nitrogens with zero attached hydrogens (tertiary/aromatic N) is 2. The van der Waals surface area contributed by atoms with Crippen LogP contribution >= 0.6 is 0 Å². The Bertz CT molecular complexity index is 1040. The summed E-state index contributed by atoms with van der Waals surface area (Å²) in [6, 6.07) is 17.8. The summed E-state index contributed by atoms with van der Waals surface area (Å²) >= 11 is 0. The number of primary amides is 1. The number of carbonyl (C=O) groups is 1. The molecule has 0 fully saturated rings. The summed E-state index contributed by atoms with van der Waals surface area (Å²) in [7, 11) is 0. The zero-order chi connectivity index (χ0) is 15.8. The lowest BCUT2D eigenvalue weighted by Gasteiger charge is -2.01. The molecule has 0 radical (unpaired) electrons. The average Bonchev–Trinajstić information content (AvgIpc) is 2.99. The van der Waals surface area contributed by atoms with E-state index in [0.29, 0.717) is 11.4 Å². The van der Waals surface area contributed by atoms with Crippen molar-refractivity contribution in [2.24, 2.45) is 5.73 Å². The third-order valence-corrected chi connectivity index (χ3v) is 3.70. The molecule has 5 nitrogen and oxygen atoms in total. The van der Waals surface area contributed by atoms with Gasteiger partial charge in [0.05, 0.1) is 5.69 Å². The van der Waals surface area contributed by atoms with Gasteiger partial charge in [0.2, 0.25) is 0 Å². The molecule has 0 saturated heterocycles. The Labute approximate surface area is 131 Å². The lowest BCUT2D eigenvalue weighted by atomic mass is 10.1. The van der Waals surface area contributed by atoms with Crippen LogP contribution in [0.4, 0.5) is 4.79 Å². The Hall–Kier alpha value is -3.34. The summed E-state index contributed by atoms with van der Waals surface area (Å²) in [6.07, 6.45) is 2.89. The zero-order valence-electron chi connectivity index (χ0n) is 12.1. The van der Waals surface area contributed by atoms with E-state index >= 15 is 0 Å². The Morgan fingerprint density at radius 1 is 1.04 bits per heavy atom. The molecular formula is C18H13N3O2. The highest BCUT2D eigenvalue weighted by molar-refractivity contribution is 5.87. The highest BCUT2D eigenvalue weighted by Gasteiger charge is 2.11. The van der Waals surface area contributed by atoms with Crippen LogP contribution in [-0.2, 0) is 0 Å². The van der Waals surface area contributed by atoms with Crippen LogP contribution < -0.4 is 10.5 Å². The van der Waals surface area contributed by atoms with Crippen molar-refractivity contribution < 1.29 is 9.53 Å². The molecule has 2 aromatic carbocycles. The molecule has 0 aliphatic carbocycles. The molecule has 1 amide bonds. The van der Waals surface area contributed by atoms with Crippen molar-refractivity contribution >= 4 is 22.5 Å². The second-order valence-electron chi connectivity index (χ2n) is 5.21. The van der Waals surface area contributed by atoms with E-state index in [2.05, 4.69) is 29.2 Å². The maximum Gasteiger partial charge on any atom is 0.410 e. The third-order valence-electron chi connectivity index (χ3n) is 3.70. The summed E-state index contributed by atoms with van der Waals surface area (Å²) in [5.41, 5.74) is 7.45. The lowest BCUT2D eigenvalue weighted by Crippen LogP contribution is -2.16. The van der Waals surface area contributed by atoms with Crippen molar-refractivity contribution in [1.82, 2.24) is 9.38 Å². The Kier molecular flexibility index (Phi) is 2.98. The van der Waals surface area contributed by atoms with Gasteiger partial charge in [-0.25, -0.2) is 9.78 Å². The molecule has 0 atom stereocenters. The van der Waals surface area contributed by atoms with Crippen LogP contribution in [0.25, 0.3) is 27.7 Å². The van der Waals surface area contributed by atoms with Gasteiger partial charge in [-0.2, -0.15) is 0 Å². The fourth-order valence-corrected chi connectivity index (χ4v) is 2.66. The van der Waals surface area contributed by atoms with Crippen LogP contribution in [0.5, 0.6) is 5.75 Å². The molecule has 0 aliphatic rings. The minimum Gasteiger partial charge on any atom is -0.406 e. The second-order valence-corrected chi connectivity index (χ2v) is 5.21. The van der Waals surface area contributed by atoms with Crippen LogP contribution in [-0.4, -0.2) is 15.5 Å². The zero-order valence-corrected chi connectivity index (χ0v) is 12.1. The molecule has 0 aliphatic heterocycles. The number of fused-ring (bicyclic) bond motifs is 2. The van der Waals surface area contributed by atoms with Gasteiger partial charge < -0.3 is 14.9 Å². The Morgan fingerprint density at radius 3 is 2.70 bits per heavy atom. The molecule has 2 aromatic heterocycles. The molecule has 4 rings (SSSR count). The van der Waals surface area contributed by atoms with Crippen molar-refractivity contribution in [3.05, 3.63) is 67.0 Å². The SMILES string of the molecule is NC(=O)Oc1cccn2cc(-c3ccc4ccccc4c3)nc12. The van der Waals surface area contributed by atoms with Crippen LogP contribution in [0.3, 0.4) is 0 Å². The molecule has 0 spiro atoms. The van der Waals surface area contributed by atoms with Crippen molar-refractivity contribution in [2.45, 2.75) is 0 Å². The van der Waals surface area contributed by atoms with E-state index in [1.54, 1.807) is 12.1 Å². The van der Waals surface area contributed by atoms with E-state index in [1.165, 1.54) is 5.39 Å². The van der Waals surface area contributed by atoms with Crippen LogP contribution in [0.1, 0.15) is 0 Å². The molecule has 2 N–H and O–H groups in total. The first-order valence-corrected chi connectivity index (χ1v) is 7.15. The maximum atomic E-state index is 11.0. The summed E-state index contributed by atoms with van der Waals surface area (Å²) in [6.45, 7) is 0. The third kappa shape index (κ3) is 2.38.